The van der Waals surface area contributed by atoms with Crippen LogP contribution in [0.15, 0.2) is 30.3 Å². The number of amides is 1. The van der Waals surface area contributed by atoms with Crippen LogP contribution in [0.4, 0.5) is 0 Å². The number of piperidine rings is 1. The second-order valence-electron chi connectivity index (χ2n) is 7.39. The molecule has 2 aliphatic heterocycles. The van der Waals surface area contributed by atoms with E-state index in [4.69, 9.17) is 0 Å². The van der Waals surface area contributed by atoms with Gasteiger partial charge in [-0.25, -0.2) is 0 Å². The van der Waals surface area contributed by atoms with Crippen molar-refractivity contribution in [2.24, 2.45) is 5.92 Å². The fourth-order valence-electron chi connectivity index (χ4n) is 3.79. The lowest BCUT2D eigenvalue weighted by molar-refractivity contribution is -0.122. The average molecular weight is 417 g/mol. The first-order valence-corrected chi connectivity index (χ1v) is 9.75. The fraction of sp³-hybridized carbons (Fsp3) is 0.650. The molecule has 0 spiro atoms. The van der Waals surface area contributed by atoms with E-state index in [1.165, 1.54) is 18.4 Å². The summed E-state index contributed by atoms with van der Waals surface area (Å²) in [6, 6.07) is 10.6. The van der Waals surface area contributed by atoms with Crippen LogP contribution < -0.4 is 10.6 Å². The number of halogens is 2. The van der Waals surface area contributed by atoms with E-state index in [0.29, 0.717) is 6.54 Å². The molecular weight excluding hydrogens is 383 g/mol. The lowest BCUT2D eigenvalue weighted by Gasteiger charge is -2.34. The SMILES string of the molecule is Cl.Cl.O=C(CN1CCN(Cc2ccccc2)CC1)NCCC1CCCNC1. The minimum absolute atomic E-state index is 0. The van der Waals surface area contributed by atoms with Crippen molar-refractivity contribution in [1.29, 1.82) is 0 Å². The molecule has 1 unspecified atom stereocenters. The summed E-state index contributed by atoms with van der Waals surface area (Å²) >= 11 is 0. The third-order valence-electron chi connectivity index (χ3n) is 5.35. The van der Waals surface area contributed by atoms with Gasteiger partial charge in [-0.1, -0.05) is 30.3 Å². The molecule has 0 saturated carbocycles. The summed E-state index contributed by atoms with van der Waals surface area (Å²) in [5, 5.41) is 6.54. The molecule has 0 radical (unpaired) electrons. The monoisotopic (exact) mass is 416 g/mol. The summed E-state index contributed by atoms with van der Waals surface area (Å²) < 4.78 is 0. The van der Waals surface area contributed by atoms with Gasteiger partial charge in [-0.15, -0.1) is 24.8 Å². The number of carbonyl (C=O) groups is 1. The van der Waals surface area contributed by atoms with Crippen LogP contribution in [0.1, 0.15) is 24.8 Å². The van der Waals surface area contributed by atoms with Gasteiger partial charge in [0.25, 0.3) is 0 Å². The van der Waals surface area contributed by atoms with Gasteiger partial charge in [0.05, 0.1) is 6.54 Å². The smallest absolute Gasteiger partial charge is 0.234 e. The zero-order valence-corrected chi connectivity index (χ0v) is 17.7. The minimum atomic E-state index is 0. The van der Waals surface area contributed by atoms with Gasteiger partial charge in [0, 0.05) is 39.3 Å². The Morgan fingerprint density at radius 3 is 2.44 bits per heavy atom. The summed E-state index contributed by atoms with van der Waals surface area (Å²) in [5.41, 5.74) is 1.37. The first kappa shape index (κ1) is 24.2. The van der Waals surface area contributed by atoms with Crippen LogP contribution in [0.2, 0.25) is 0 Å². The molecule has 1 aromatic rings. The first-order chi connectivity index (χ1) is 12.3. The number of nitrogens with zero attached hydrogens (tertiary/aromatic N) is 2. The maximum absolute atomic E-state index is 12.1. The van der Waals surface area contributed by atoms with E-state index in [9.17, 15) is 4.79 Å². The molecule has 0 aliphatic carbocycles. The van der Waals surface area contributed by atoms with E-state index < -0.39 is 0 Å². The number of benzene rings is 1. The molecule has 7 heteroatoms. The highest BCUT2D eigenvalue weighted by Gasteiger charge is 2.19. The van der Waals surface area contributed by atoms with Crippen LogP contribution in [0.25, 0.3) is 0 Å². The van der Waals surface area contributed by atoms with E-state index >= 15 is 0 Å². The number of hydrogen-bond acceptors (Lipinski definition) is 4. The highest BCUT2D eigenvalue weighted by Crippen LogP contribution is 2.13. The molecule has 5 nitrogen and oxygen atoms in total. The maximum Gasteiger partial charge on any atom is 0.234 e. The molecule has 2 heterocycles. The molecular formula is C20H34Cl2N4O. The zero-order valence-electron chi connectivity index (χ0n) is 16.1. The normalized spacial score (nSPS) is 21.0. The fourth-order valence-corrected chi connectivity index (χ4v) is 3.79. The quantitative estimate of drug-likeness (QED) is 0.714. The van der Waals surface area contributed by atoms with E-state index in [1.54, 1.807) is 0 Å². The predicted octanol–water partition coefficient (Wildman–Crippen LogP) is 2.15. The molecule has 3 rings (SSSR count). The van der Waals surface area contributed by atoms with Gasteiger partial charge < -0.3 is 10.6 Å². The van der Waals surface area contributed by atoms with Crippen molar-refractivity contribution in [1.82, 2.24) is 20.4 Å². The van der Waals surface area contributed by atoms with Crippen LogP contribution >= 0.6 is 24.8 Å². The molecule has 154 valence electrons. The van der Waals surface area contributed by atoms with E-state index in [1.807, 2.05) is 0 Å². The van der Waals surface area contributed by atoms with Crippen LogP contribution in [0.5, 0.6) is 0 Å². The molecule has 1 atom stereocenters. The van der Waals surface area contributed by atoms with Crippen LogP contribution in [0.3, 0.4) is 0 Å². The maximum atomic E-state index is 12.1. The number of piperazine rings is 1. The van der Waals surface area contributed by atoms with Gasteiger partial charge in [-0.3, -0.25) is 14.6 Å². The van der Waals surface area contributed by atoms with Crippen molar-refractivity contribution < 1.29 is 4.79 Å². The van der Waals surface area contributed by atoms with E-state index in [-0.39, 0.29) is 30.7 Å². The molecule has 2 aliphatic rings. The molecule has 2 fully saturated rings. The molecule has 0 bridgehead atoms. The predicted molar refractivity (Wildman–Crippen MR) is 116 cm³/mol. The molecule has 27 heavy (non-hydrogen) atoms. The standard InChI is InChI=1S/C20H32N4O.2ClH/c25-20(22-10-8-18-7-4-9-21-15-18)17-24-13-11-23(12-14-24)16-19-5-2-1-3-6-19;;/h1-3,5-6,18,21H,4,7-17H2,(H,22,25);2*1H. The molecule has 2 N–H and O–H groups in total. The summed E-state index contributed by atoms with van der Waals surface area (Å²) in [6.07, 6.45) is 3.67. The van der Waals surface area contributed by atoms with Gasteiger partial charge in [-0.05, 0) is 43.8 Å². The van der Waals surface area contributed by atoms with Crippen LogP contribution in [0, 0.1) is 5.92 Å². The van der Waals surface area contributed by atoms with Gasteiger partial charge in [0.2, 0.25) is 5.91 Å². The molecule has 2 saturated heterocycles. The third-order valence-corrected chi connectivity index (χ3v) is 5.35. The van der Waals surface area contributed by atoms with Gasteiger partial charge in [0.15, 0.2) is 0 Å². The minimum Gasteiger partial charge on any atom is -0.355 e. The Labute approximate surface area is 176 Å². The van der Waals surface area contributed by atoms with Crippen molar-refractivity contribution in [2.45, 2.75) is 25.8 Å². The highest BCUT2D eigenvalue weighted by atomic mass is 35.5. The Balaban J connectivity index is 0.00000182. The van der Waals surface area contributed by atoms with Crippen molar-refractivity contribution >= 4 is 30.7 Å². The second kappa shape index (κ2) is 13.3. The zero-order chi connectivity index (χ0) is 17.3. The lowest BCUT2D eigenvalue weighted by Crippen LogP contribution is -2.49. The van der Waals surface area contributed by atoms with Gasteiger partial charge >= 0.3 is 0 Å². The molecule has 1 aromatic carbocycles. The van der Waals surface area contributed by atoms with Crippen molar-refractivity contribution in [3.8, 4) is 0 Å². The van der Waals surface area contributed by atoms with Gasteiger partial charge in [-0.2, -0.15) is 0 Å². The largest absolute Gasteiger partial charge is 0.355 e. The second-order valence-corrected chi connectivity index (χ2v) is 7.39. The van der Waals surface area contributed by atoms with Crippen molar-refractivity contribution in [2.75, 3.05) is 52.4 Å². The molecule has 0 aromatic heterocycles. The number of rotatable bonds is 7. The molecule has 1 amide bonds. The van der Waals surface area contributed by atoms with E-state index in [2.05, 4.69) is 50.8 Å². The van der Waals surface area contributed by atoms with E-state index in [0.717, 1.165) is 64.7 Å². The summed E-state index contributed by atoms with van der Waals surface area (Å²) in [6.45, 7) is 8.67. The van der Waals surface area contributed by atoms with Crippen LogP contribution in [-0.2, 0) is 11.3 Å². The summed E-state index contributed by atoms with van der Waals surface area (Å²) in [5.74, 6) is 0.913. The number of carbonyl (C=O) groups excluding carboxylic acids is 1. The van der Waals surface area contributed by atoms with Gasteiger partial charge in [0.1, 0.15) is 0 Å². The Morgan fingerprint density at radius 1 is 1.07 bits per heavy atom. The number of hydrogen-bond donors (Lipinski definition) is 2. The lowest BCUT2D eigenvalue weighted by atomic mass is 9.96. The Morgan fingerprint density at radius 2 is 1.78 bits per heavy atom. The van der Waals surface area contributed by atoms with Crippen LogP contribution in [-0.4, -0.2) is 68.1 Å². The Bertz CT molecular complexity index is 518. The Kier molecular flexibility index (Phi) is 12.0. The third kappa shape index (κ3) is 8.79. The Hall–Kier alpha value is -0.850. The van der Waals surface area contributed by atoms with Crippen molar-refractivity contribution in [3.63, 3.8) is 0 Å². The summed E-state index contributed by atoms with van der Waals surface area (Å²) in [7, 11) is 0. The average Bonchev–Trinajstić information content (AvgIpc) is 2.65. The topological polar surface area (TPSA) is 47.6 Å². The summed E-state index contributed by atoms with van der Waals surface area (Å²) in [4.78, 5) is 16.9. The van der Waals surface area contributed by atoms with Crippen molar-refractivity contribution in [3.05, 3.63) is 35.9 Å². The first-order valence-electron chi connectivity index (χ1n) is 9.75. The number of nitrogens with one attached hydrogen (secondary N) is 2. The highest BCUT2D eigenvalue weighted by molar-refractivity contribution is 5.85.